The highest BCUT2D eigenvalue weighted by atomic mass is 16.5. The minimum atomic E-state index is -0.549. The summed E-state index contributed by atoms with van der Waals surface area (Å²) in [6.45, 7) is 0.197. The van der Waals surface area contributed by atoms with E-state index in [4.69, 9.17) is 10.5 Å². The van der Waals surface area contributed by atoms with E-state index in [2.05, 4.69) is 5.32 Å². The predicted octanol–water partition coefficient (Wildman–Crippen LogP) is -0.253. The number of amides is 1. The maximum Gasteiger partial charge on any atom is 0.257 e. The Hall–Kier alpha value is -2.67. The number of phenols is 1. The molecule has 0 radical (unpaired) electrons. The third-order valence-corrected chi connectivity index (χ3v) is 2.84. The summed E-state index contributed by atoms with van der Waals surface area (Å²) in [5.74, 6) is -2.02. The van der Waals surface area contributed by atoms with Gasteiger partial charge in [0.25, 0.3) is 5.91 Å². The van der Waals surface area contributed by atoms with Crippen molar-refractivity contribution in [2.45, 2.75) is 0 Å². The van der Waals surface area contributed by atoms with Crippen LogP contribution >= 0.6 is 0 Å². The number of allylic oxidation sites excluding steroid dienone is 2. The second-order valence-corrected chi connectivity index (χ2v) is 4.33. The number of aromatic hydroxyl groups is 1. The van der Waals surface area contributed by atoms with Crippen molar-refractivity contribution in [3.05, 3.63) is 41.2 Å². The largest absolute Gasteiger partial charge is 0.507 e. The van der Waals surface area contributed by atoms with Gasteiger partial charge in [-0.25, -0.2) is 0 Å². The zero-order chi connectivity index (χ0) is 15.4. The zero-order valence-corrected chi connectivity index (χ0v) is 11.1. The van der Waals surface area contributed by atoms with Crippen molar-refractivity contribution < 1.29 is 24.2 Å². The molecule has 1 aliphatic rings. The third-order valence-electron chi connectivity index (χ3n) is 2.84. The van der Waals surface area contributed by atoms with Gasteiger partial charge in [-0.3, -0.25) is 14.4 Å². The van der Waals surface area contributed by atoms with Crippen molar-refractivity contribution in [1.29, 1.82) is 0 Å². The van der Waals surface area contributed by atoms with Crippen molar-refractivity contribution in [1.82, 2.24) is 5.32 Å². The van der Waals surface area contributed by atoms with Gasteiger partial charge in [-0.15, -0.1) is 0 Å². The summed E-state index contributed by atoms with van der Waals surface area (Å²) in [6.07, 6.45) is 0.973. The number of ketones is 2. The molecule has 1 amide bonds. The third kappa shape index (κ3) is 3.09. The fraction of sp³-hybridized carbons (Fsp3) is 0.214. The van der Waals surface area contributed by atoms with Crippen LogP contribution in [0.5, 0.6) is 5.75 Å². The molecule has 0 aromatic heterocycles. The summed E-state index contributed by atoms with van der Waals surface area (Å²) in [5, 5.41) is 12.1. The van der Waals surface area contributed by atoms with Crippen LogP contribution < -0.4 is 11.1 Å². The first-order chi connectivity index (χ1) is 10.0. The Balaban J connectivity index is 2.12. The minimum absolute atomic E-state index is 0.0533. The van der Waals surface area contributed by atoms with Crippen LogP contribution in [0.2, 0.25) is 0 Å². The molecule has 1 aromatic rings. The molecular weight excluding hydrogens is 276 g/mol. The Morgan fingerprint density at radius 1 is 1.33 bits per heavy atom. The first-order valence-electron chi connectivity index (χ1n) is 6.27. The van der Waals surface area contributed by atoms with Crippen LogP contribution in [0, 0.1) is 0 Å². The number of ether oxygens (including phenoxy) is 1. The average Bonchev–Trinajstić information content (AvgIpc) is 2.47. The lowest BCUT2D eigenvalue weighted by molar-refractivity contribution is -0.124. The molecule has 0 unspecified atom stereocenters. The molecular formula is C14H14N2O5. The quantitative estimate of drug-likeness (QED) is 0.688. The molecule has 0 saturated carbocycles. The van der Waals surface area contributed by atoms with E-state index >= 15 is 0 Å². The highest BCUT2D eigenvalue weighted by Crippen LogP contribution is 2.28. The van der Waals surface area contributed by atoms with Crippen LogP contribution in [0.4, 0.5) is 0 Å². The van der Waals surface area contributed by atoms with E-state index in [0.29, 0.717) is 13.1 Å². The number of fused-ring (bicyclic) bond motifs is 1. The molecule has 0 saturated heterocycles. The second-order valence-electron chi connectivity index (χ2n) is 4.33. The number of benzene rings is 1. The van der Waals surface area contributed by atoms with Crippen molar-refractivity contribution in [2.24, 2.45) is 5.73 Å². The molecule has 1 aromatic carbocycles. The van der Waals surface area contributed by atoms with Gasteiger partial charge in [-0.1, -0.05) is 6.07 Å². The molecule has 0 heterocycles. The Morgan fingerprint density at radius 3 is 2.81 bits per heavy atom. The van der Waals surface area contributed by atoms with E-state index in [-0.39, 0.29) is 29.2 Å². The number of hydrogen-bond acceptors (Lipinski definition) is 6. The molecule has 110 valence electrons. The van der Waals surface area contributed by atoms with E-state index in [1.54, 1.807) is 0 Å². The summed E-state index contributed by atoms with van der Waals surface area (Å²) in [4.78, 5) is 35.4. The fourth-order valence-electron chi connectivity index (χ4n) is 1.89. The fourth-order valence-corrected chi connectivity index (χ4v) is 1.89. The molecule has 0 fully saturated rings. The molecule has 21 heavy (non-hydrogen) atoms. The topological polar surface area (TPSA) is 119 Å². The number of nitrogens with one attached hydrogen (secondary N) is 1. The van der Waals surface area contributed by atoms with Gasteiger partial charge in [-0.2, -0.15) is 0 Å². The van der Waals surface area contributed by atoms with Gasteiger partial charge < -0.3 is 20.9 Å². The zero-order valence-electron chi connectivity index (χ0n) is 11.1. The number of Topliss-reactive ketones (excluding diaryl/α,β-unsaturated/α-hetero) is 1. The van der Waals surface area contributed by atoms with Gasteiger partial charge in [0.1, 0.15) is 5.75 Å². The smallest absolute Gasteiger partial charge is 0.257 e. The first-order valence-corrected chi connectivity index (χ1v) is 6.27. The molecule has 0 spiro atoms. The highest BCUT2D eigenvalue weighted by molar-refractivity contribution is 6.24. The van der Waals surface area contributed by atoms with Gasteiger partial charge in [0.15, 0.2) is 18.1 Å². The van der Waals surface area contributed by atoms with Crippen molar-refractivity contribution in [2.75, 3.05) is 19.7 Å². The number of carbonyl (C=O) groups excluding carboxylic acids is 3. The summed E-state index contributed by atoms with van der Waals surface area (Å²) >= 11 is 0. The first kappa shape index (κ1) is 14.7. The standard InChI is InChI=1S/C14H14N2O5/c15-4-5-16-12(19)7-21-11-6-10(18)13-8(14(11)20)2-1-3-9(13)17/h1-3,6,17H,4-5,7,15H2,(H,16,19). The molecule has 7 nitrogen and oxygen atoms in total. The van der Waals surface area contributed by atoms with Crippen molar-refractivity contribution >= 4 is 17.5 Å². The normalized spacial score (nSPS) is 13.5. The predicted molar refractivity (Wildman–Crippen MR) is 72.9 cm³/mol. The van der Waals surface area contributed by atoms with Crippen LogP contribution in [-0.2, 0) is 9.53 Å². The molecule has 2 rings (SSSR count). The maximum absolute atomic E-state index is 12.1. The molecule has 1 aliphatic carbocycles. The lowest BCUT2D eigenvalue weighted by Gasteiger charge is -2.16. The number of phenolic OH excluding ortho intramolecular Hbond substituents is 1. The highest BCUT2D eigenvalue weighted by Gasteiger charge is 2.29. The van der Waals surface area contributed by atoms with Crippen LogP contribution in [-0.4, -0.2) is 42.3 Å². The molecule has 0 atom stereocenters. The van der Waals surface area contributed by atoms with Crippen LogP contribution in [0.3, 0.4) is 0 Å². The summed E-state index contributed by atoms with van der Waals surface area (Å²) in [5.41, 5.74) is 5.24. The minimum Gasteiger partial charge on any atom is -0.507 e. The molecule has 0 bridgehead atoms. The lowest BCUT2D eigenvalue weighted by atomic mass is 9.93. The summed E-state index contributed by atoms with van der Waals surface area (Å²) in [7, 11) is 0. The maximum atomic E-state index is 12.1. The lowest BCUT2D eigenvalue weighted by Crippen LogP contribution is -2.32. The van der Waals surface area contributed by atoms with Gasteiger partial charge in [0, 0.05) is 24.7 Å². The van der Waals surface area contributed by atoms with Crippen LogP contribution in [0.25, 0.3) is 0 Å². The van der Waals surface area contributed by atoms with E-state index in [1.165, 1.54) is 18.2 Å². The molecule has 7 heteroatoms. The number of carbonyl (C=O) groups is 3. The van der Waals surface area contributed by atoms with Crippen molar-refractivity contribution in [3.8, 4) is 5.75 Å². The number of rotatable bonds is 5. The Kier molecular flexibility index (Phi) is 4.34. The summed E-state index contributed by atoms with van der Waals surface area (Å²) in [6, 6.07) is 4.19. The van der Waals surface area contributed by atoms with Crippen LogP contribution in [0.1, 0.15) is 20.7 Å². The SMILES string of the molecule is NCCNC(=O)COC1=CC(=O)c2c(O)cccc2C1=O. The molecule has 4 N–H and O–H groups in total. The van der Waals surface area contributed by atoms with Gasteiger partial charge in [-0.05, 0) is 12.1 Å². The average molecular weight is 290 g/mol. The van der Waals surface area contributed by atoms with E-state index in [0.717, 1.165) is 6.08 Å². The van der Waals surface area contributed by atoms with E-state index in [1.807, 2.05) is 0 Å². The Morgan fingerprint density at radius 2 is 2.10 bits per heavy atom. The van der Waals surface area contributed by atoms with Gasteiger partial charge in [0.2, 0.25) is 5.78 Å². The number of hydrogen-bond donors (Lipinski definition) is 3. The second kappa shape index (κ2) is 6.19. The Bertz CT molecular complexity index is 636. The van der Waals surface area contributed by atoms with Gasteiger partial charge >= 0.3 is 0 Å². The van der Waals surface area contributed by atoms with Crippen LogP contribution in [0.15, 0.2) is 30.0 Å². The monoisotopic (exact) mass is 290 g/mol. The van der Waals surface area contributed by atoms with E-state index in [9.17, 15) is 19.5 Å². The van der Waals surface area contributed by atoms with E-state index < -0.39 is 17.5 Å². The van der Waals surface area contributed by atoms with Gasteiger partial charge in [0.05, 0.1) is 5.56 Å². The summed E-state index contributed by atoms with van der Waals surface area (Å²) < 4.78 is 5.08. The van der Waals surface area contributed by atoms with Crippen molar-refractivity contribution in [3.63, 3.8) is 0 Å². The molecule has 0 aliphatic heterocycles. The number of nitrogens with two attached hydrogens (primary N) is 1. The Labute approximate surface area is 120 Å².